The van der Waals surface area contributed by atoms with Crippen LogP contribution in [0.5, 0.6) is 0 Å². The predicted octanol–water partition coefficient (Wildman–Crippen LogP) is 3.32. The van der Waals surface area contributed by atoms with Crippen LogP contribution in [0.4, 0.5) is 18.9 Å². The Morgan fingerprint density at radius 1 is 1.29 bits per heavy atom. The molecule has 0 saturated carbocycles. The molecule has 1 aromatic carbocycles. The highest BCUT2D eigenvalue weighted by Gasteiger charge is 2.49. The standard InChI is InChI=1S/C24H28F3N5O3/c1-34-10-11-35-15-18-14-32(19-3-2-17(13-28)20(12-19)24(25,26)27)16-23(18)5-8-31(9-6-23)22(33)21-4-7-29-30-21/h2-4,7,12,18H,5-6,8-11,14-16H2,1H3,(H,29,30). The second-order valence-electron chi connectivity index (χ2n) is 9.11. The molecule has 0 aliphatic carbocycles. The number of piperidine rings is 1. The number of halogens is 3. The summed E-state index contributed by atoms with van der Waals surface area (Å²) in [5, 5.41) is 15.7. The number of aromatic nitrogens is 2. The summed E-state index contributed by atoms with van der Waals surface area (Å²) in [4.78, 5) is 16.5. The van der Waals surface area contributed by atoms with Gasteiger partial charge in [0.25, 0.3) is 5.91 Å². The first-order valence-electron chi connectivity index (χ1n) is 11.5. The average Bonchev–Trinajstić information content (AvgIpc) is 3.50. The van der Waals surface area contributed by atoms with Crippen molar-refractivity contribution in [1.82, 2.24) is 15.1 Å². The van der Waals surface area contributed by atoms with Gasteiger partial charge in [-0.3, -0.25) is 9.89 Å². The van der Waals surface area contributed by atoms with Crippen molar-refractivity contribution in [2.45, 2.75) is 19.0 Å². The van der Waals surface area contributed by atoms with Crippen LogP contribution in [-0.2, 0) is 15.7 Å². The van der Waals surface area contributed by atoms with Gasteiger partial charge in [-0.05, 0) is 42.5 Å². The molecular formula is C24H28F3N5O3. The van der Waals surface area contributed by atoms with Crippen LogP contribution in [0.3, 0.4) is 0 Å². The Labute approximate surface area is 201 Å². The lowest BCUT2D eigenvalue weighted by atomic mass is 9.71. The van der Waals surface area contributed by atoms with E-state index in [0.717, 1.165) is 6.07 Å². The topological polar surface area (TPSA) is 94.5 Å². The fourth-order valence-corrected chi connectivity index (χ4v) is 5.16. The van der Waals surface area contributed by atoms with Gasteiger partial charge in [-0.1, -0.05) is 0 Å². The molecule has 2 aliphatic heterocycles. The average molecular weight is 492 g/mol. The summed E-state index contributed by atoms with van der Waals surface area (Å²) >= 11 is 0. The van der Waals surface area contributed by atoms with Crippen molar-refractivity contribution >= 4 is 11.6 Å². The lowest BCUT2D eigenvalue weighted by Gasteiger charge is -2.42. The van der Waals surface area contributed by atoms with Crippen molar-refractivity contribution in [2.75, 3.05) is 58.0 Å². The quantitative estimate of drug-likeness (QED) is 0.598. The predicted molar refractivity (Wildman–Crippen MR) is 121 cm³/mol. The summed E-state index contributed by atoms with van der Waals surface area (Å²) in [5.41, 5.74) is -0.646. The zero-order chi connectivity index (χ0) is 25.1. The first kappa shape index (κ1) is 25.0. The molecule has 35 heavy (non-hydrogen) atoms. The summed E-state index contributed by atoms with van der Waals surface area (Å²) in [6.45, 7) is 3.52. The number of carbonyl (C=O) groups excluding carboxylic acids is 1. The molecule has 0 radical (unpaired) electrons. The van der Waals surface area contributed by atoms with Gasteiger partial charge in [0.15, 0.2) is 0 Å². The molecule has 2 aliphatic rings. The van der Waals surface area contributed by atoms with Crippen LogP contribution in [0.2, 0.25) is 0 Å². The SMILES string of the molecule is COCCOCC1CN(c2ccc(C#N)c(C(F)(F)F)c2)CC12CCN(C(=O)c1ccn[nH]1)CC2. The van der Waals surface area contributed by atoms with Crippen molar-refractivity contribution in [1.29, 1.82) is 5.26 Å². The molecule has 11 heteroatoms. The zero-order valence-electron chi connectivity index (χ0n) is 19.5. The van der Waals surface area contributed by atoms with E-state index in [2.05, 4.69) is 10.2 Å². The van der Waals surface area contributed by atoms with Gasteiger partial charge in [-0.2, -0.15) is 23.5 Å². The fourth-order valence-electron chi connectivity index (χ4n) is 5.16. The molecule has 8 nitrogen and oxygen atoms in total. The van der Waals surface area contributed by atoms with Gasteiger partial charge >= 0.3 is 6.18 Å². The van der Waals surface area contributed by atoms with Crippen LogP contribution in [0, 0.1) is 22.7 Å². The number of hydrogen-bond acceptors (Lipinski definition) is 6. The number of methoxy groups -OCH3 is 1. The molecule has 2 fully saturated rings. The van der Waals surface area contributed by atoms with E-state index in [1.54, 1.807) is 30.2 Å². The first-order valence-corrected chi connectivity index (χ1v) is 11.5. The second kappa shape index (κ2) is 10.3. The van der Waals surface area contributed by atoms with Crippen molar-refractivity contribution in [3.05, 3.63) is 47.3 Å². The van der Waals surface area contributed by atoms with Crippen LogP contribution in [0.1, 0.15) is 34.5 Å². The number of H-pyrrole nitrogens is 1. The van der Waals surface area contributed by atoms with E-state index in [-0.39, 0.29) is 22.8 Å². The maximum absolute atomic E-state index is 13.6. The minimum Gasteiger partial charge on any atom is -0.382 e. The van der Waals surface area contributed by atoms with Gasteiger partial charge in [0, 0.05) is 51.1 Å². The normalized spacial score (nSPS) is 19.8. The molecule has 1 atom stereocenters. The smallest absolute Gasteiger partial charge is 0.382 e. The van der Waals surface area contributed by atoms with E-state index >= 15 is 0 Å². The van der Waals surface area contributed by atoms with Crippen LogP contribution in [-0.4, -0.2) is 74.1 Å². The van der Waals surface area contributed by atoms with Gasteiger partial charge in [0.2, 0.25) is 0 Å². The molecule has 4 rings (SSSR count). The molecule has 1 spiro atoms. The Morgan fingerprint density at radius 2 is 2.06 bits per heavy atom. The number of anilines is 1. The molecule has 1 unspecified atom stereocenters. The summed E-state index contributed by atoms with van der Waals surface area (Å²) in [7, 11) is 1.59. The second-order valence-corrected chi connectivity index (χ2v) is 9.11. The molecule has 1 aromatic heterocycles. The fraction of sp³-hybridized carbons (Fsp3) is 0.542. The number of amides is 1. The number of alkyl halides is 3. The van der Waals surface area contributed by atoms with Crippen LogP contribution in [0.15, 0.2) is 30.5 Å². The molecule has 1 amide bonds. The minimum absolute atomic E-state index is 0.0775. The Kier molecular flexibility index (Phi) is 7.33. The van der Waals surface area contributed by atoms with Crippen molar-refractivity contribution in [3.63, 3.8) is 0 Å². The number of rotatable bonds is 7. The number of likely N-dealkylation sites (tertiary alicyclic amines) is 1. The third-order valence-corrected chi connectivity index (χ3v) is 7.14. The van der Waals surface area contributed by atoms with Crippen LogP contribution >= 0.6 is 0 Å². The number of ether oxygens (including phenoxy) is 2. The number of carbonyl (C=O) groups is 1. The van der Waals surface area contributed by atoms with E-state index in [1.165, 1.54) is 12.3 Å². The number of nitrogens with zero attached hydrogens (tertiary/aromatic N) is 4. The monoisotopic (exact) mass is 491 g/mol. The molecule has 3 heterocycles. The lowest BCUT2D eigenvalue weighted by molar-refractivity contribution is -0.137. The first-order chi connectivity index (χ1) is 16.8. The Hall–Kier alpha value is -3.10. The minimum atomic E-state index is -4.61. The maximum Gasteiger partial charge on any atom is 0.417 e. The van der Waals surface area contributed by atoms with E-state index in [0.29, 0.717) is 70.2 Å². The van der Waals surface area contributed by atoms with Crippen molar-refractivity contribution in [2.24, 2.45) is 11.3 Å². The Balaban J connectivity index is 1.53. The summed E-state index contributed by atoms with van der Waals surface area (Å²) in [6, 6.07) is 7.15. The van der Waals surface area contributed by atoms with E-state index in [4.69, 9.17) is 14.7 Å². The van der Waals surface area contributed by atoms with E-state index in [9.17, 15) is 18.0 Å². The zero-order valence-corrected chi connectivity index (χ0v) is 19.5. The van der Waals surface area contributed by atoms with Gasteiger partial charge in [0.05, 0.1) is 37.0 Å². The molecule has 188 valence electrons. The highest BCUT2D eigenvalue weighted by molar-refractivity contribution is 5.92. The van der Waals surface area contributed by atoms with E-state index in [1.807, 2.05) is 4.90 Å². The summed E-state index contributed by atoms with van der Waals surface area (Å²) < 4.78 is 51.6. The maximum atomic E-state index is 13.6. The summed E-state index contributed by atoms with van der Waals surface area (Å²) in [6.07, 6.45) is -1.65. The lowest BCUT2D eigenvalue weighted by Crippen LogP contribution is -2.47. The largest absolute Gasteiger partial charge is 0.417 e. The molecule has 2 saturated heterocycles. The highest BCUT2D eigenvalue weighted by atomic mass is 19.4. The number of benzene rings is 1. The van der Waals surface area contributed by atoms with E-state index < -0.39 is 11.7 Å². The number of hydrogen-bond donors (Lipinski definition) is 1. The molecule has 0 bridgehead atoms. The molecule has 1 N–H and O–H groups in total. The summed E-state index contributed by atoms with van der Waals surface area (Å²) in [5.74, 6) is -0.0317. The Morgan fingerprint density at radius 3 is 2.69 bits per heavy atom. The van der Waals surface area contributed by atoms with Gasteiger partial charge < -0.3 is 19.3 Å². The van der Waals surface area contributed by atoms with Gasteiger partial charge in [0.1, 0.15) is 5.69 Å². The number of nitriles is 1. The number of nitrogens with one attached hydrogen (secondary N) is 1. The van der Waals surface area contributed by atoms with Crippen LogP contribution in [0.25, 0.3) is 0 Å². The third kappa shape index (κ3) is 5.28. The molecule has 2 aromatic rings. The molecular weight excluding hydrogens is 463 g/mol. The Bertz CT molecular complexity index is 1060. The van der Waals surface area contributed by atoms with Crippen LogP contribution < -0.4 is 4.90 Å². The highest BCUT2D eigenvalue weighted by Crippen LogP contribution is 2.47. The van der Waals surface area contributed by atoms with Crippen molar-refractivity contribution in [3.8, 4) is 6.07 Å². The van der Waals surface area contributed by atoms with Gasteiger partial charge in [-0.15, -0.1) is 0 Å². The third-order valence-electron chi connectivity index (χ3n) is 7.14. The van der Waals surface area contributed by atoms with Crippen molar-refractivity contribution < 1.29 is 27.4 Å². The van der Waals surface area contributed by atoms with Gasteiger partial charge in [-0.25, -0.2) is 0 Å². The number of aromatic amines is 1.